The number of amides is 1. The van der Waals surface area contributed by atoms with Crippen LogP contribution in [0.3, 0.4) is 0 Å². The Kier molecular flexibility index (Phi) is 3.84. The number of rotatable bonds is 3. The molecule has 18 heavy (non-hydrogen) atoms. The Labute approximate surface area is 106 Å². The van der Waals surface area contributed by atoms with Crippen LogP contribution in [-0.2, 0) is 0 Å². The van der Waals surface area contributed by atoms with Crippen molar-refractivity contribution < 1.29 is 13.9 Å². The van der Waals surface area contributed by atoms with Gasteiger partial charge in [-0.2, -0.15) is 0 Å². The van der Waals surface area contributed by atoms with Crippen molar-refractivity contribution in [1.82, 2.24) is 5.32 Å². The lowest BCUT2D eigenvalue weighted by molar-refractivity contribution is 0.0930. The molecule has 0 aromatic heterocycles. The van der Waals surface area contributed by atoms with Gasteiger partial charge >= 0.3 is 0 Å². The van der Waals surface area contributed by atoms with Crippen molar-refractivity contribution in [3.05, 3.63) is 29.6 Å². The molecule has 3 nitrogen and oxygen atoms in total. The maximum Gasteiger partial charge on any atom is 0.258 e. The van der Waals surface area contributed by atoms with E-state index in [1.54, 1.807) is 6.07 Å². The maximum absolute atomic E-state index is 13.7. The van der Waals surface area contributed by atoms with Crippen LogP contribution in [0, 0.1) is 11.7 Å². The molecule has 1 saturated carbocycles. The number of hydrogen-bond acceptors (Lipinski definition) is 2. The zero-order valence-electron chi connectivity index (χ0n) is 10.7. The van der Waals surface area contributed by atoms with Gasteiger partial charge in [-0.25, -0.2) is 4.39 Å². The van der Waals surface area contributed by atoms with Crippen LogP contribution in [-0.4, -0.2) is 19.1 Å². The Hall–Kier alpha value is -1.58. The van der Waals surface area contributed by atoms with Gasteiger partial charge in [0, 0.05) is 6.04 Å². The molecule has 1 N–H and O–H groups in total. The number of hydrogen-bond donors (Lipinski definition) is 1. The lowest BCUT2D eigenvalue weighted by Gasteiger charge is -2.14. The van der Waals surface area contributed by atoms with Crippen LogP contribution >= 0.6 is 0 Å². The fourth-order valence-electron chi connectivity index (χ4n) is 2.49. The molecule has 1 aromatic rings. The minimum Gasteiger partial charge on any atom is -0.496 e. The topological polar surface area (TPSA) is 38.3 Å². The second kappa shape index (κ2) is 5.38. The Morgan fingerprint density at radius 3 is 2.83 bits per heavy atom. The molecule has 4 heteroatoms. The summed E-state index contributed by atoms with van der Waals surface area (Å²) in [5.41, 5.74) is -0.000414. The Balaban J connectivity index is 2.13. The summed E-state index contributed by atoms with van der Waals surface area (Å²) in [6.07, 6.45) is 3.03. The van der Waals surface area contributed by atoms with E-state index in [2.05, 4.69) is 12.2 Å². The van der Waals surface area contributed by atoms with Crippen LogP contribution in [0.25, 0.3) is 0 Å². The highest BCUT2D eigenvalue weighted by molar-refractivity contribution is 5.97. The third-order valence-corrected chi connectivity index (χ3v) is 3.45. The van der Waals surface area contributed by atoms with Crippen molar-refractivity contribution in [3.63, 3.8) is 0 Å². The van der Waals surface area contributed by atoms with E-state index in [0.29, 0.717) is 5.92 Å². The number of ether oxygens (including phenoxy) is 1. The Morgan fingerprint density at radius 1 is 1.44 bits per heavy atom. The molecule has 1 fully saturated rings. The standard InChI is InChI=1S/C14H18FNO2/c1-9-6-7-10(8-9)16-14(17)13-11(15)4-3-5-12(13)18-2/h3-5,9-10H,6-8H2,1-2H3,(H,16,17). The van der Waals surface area contributed by atoms with E-state index in [0.717, 1.165) is 19.3 Å². The van der Waals surface area contributed by atoms with E-state index in [4.69, 9.17) is 4.74 Å². The van der Waals surface area contributed by atoms with Crippen molar-refractivity contribution in [3.8, 4) is 5.75 Å². The molecule has 1 amide bonds. The van der Waals surface area contributed by atoms with Crippen LogP contribution in [0.2, 0.25) is 0 Å². The van der Waals surface area contributed by atoms with Gasteiger partial charge in [-0.1, -0.05) is 13.0 Å². The van der Waals surface area contributed by atoms with Crippen LogP contribution in [0.4, 0.5) is 4.39 Å². The molecule has 2 rings (SSSR count). The monoisotopic (exact) mass is 251 g/mol. The lowest BCUT2D eigenvalue weighted by atomic mass is 10.1. The highest BCUT2D eigenvalue weighted by atomic mass is 19.1. The molecular formula is C14H18FNO2. The summed E-state index contributed by atoms with van der Waals surface area (Å²) in [4.78, 5) is 12.1. The molecule has 0 aliphatic heterocycles. The average Bonchev–Trinajstić information content (AvgIpc) is 2.74. The van der Waals surface area contributed by atoms with Gasteiger partial charge in [0.05, 0.1) is 7.11 Å². The molecule has 2 atom stereocenters. The van der Waals surface area contributed by atoms with Gasteiger partial charge in [0.1, 0.15) is 17.1 Å². The van der Waals surface area contributed by atoms with Gasteiger partial charge in [0.15, 0.2) is 0 Å². The molecule has 0 heterocycles. The van der Waals surface area contributed by atoms with Gasteiger partial charge in [0.2, 0.25) is 0 Å². The smallest absolute Gasteiger partial charge is 0.258 e. The fraction of sp³-hybridized carbons (Fsp3) is 0.500. The van der Waals surface area contributed by atoms with Crippen LogP contribution in [0.1, 0.15) is 36.5 Å². The SMILES string of the molecule is COc1cccc(F)c1C(=O)NC1CCC(C)C1. The van der Waals surface area contributed by atoms with E-state index in [9.17, 15) is 9.18 Å². The van der Waals surface area contributed by atoms with Gasteiger partial charge in [-0.15, -0.1) is 0 Å². The first-order chi connectivity index (χ1) is 8.61. The van der Waals surface area contributed by atoms with Crippen LogP contribution in [0.15, 0.2) is 18.2 Å². The summed E-state index contributed by atoms with van der Waals surface area (Å²) in [7, 11) is 1.43. The molecule has 1 aromatic carbocycles. The summed E-state index contributed by atoms with van der Waals surface area (Å²) in [6.45, 7) is 2.16. The van der Waals surface area contributed by atoms with E-state index in [-0.39, 0.29) is 23.3 Å². The van der Waals surface area contributed by atoms with Gasteiger partial charge in [0.25, 0.3) is 5.91 Å². The molecule has 0 spiro atoms. The Morgan fingerprint density at radius 2 is 2.22 bits per heavy atom. The first-order valence-electron chi connectivity index (χ1n) is 6.25. The van der Waals surface area contributed by atoms with Crippen molar-refractivity contribution in [1.29, 1.82) is 0 Å². The normalized spacial score (nSPS) is 22.8. The second-order valence-corrected chi connectivity index (χ2v) is 4.91. The van der Waals surface area contributed by atoms with Crippen molar-refractivity contribution in [2.75, 3.05) is 7.11 Å². The molecule has 1 aliphatic rings. The lowest BCUT2D eigenvalue weighted by Crippen LogP contribution is -2.33. The van der Waals surface area contributed by atoms with E-state index in [1.807, 2.05) is 0 Å². The number of carbonyl (C=O) groups excluding carboxylic acids is 1. The van der Waals surface area contributed by atoms with Gasteiger partial charge < -0.3 is 10.1 Å². The number of halogens is 1. The summed E-state index contributed by atoms with van der Waals surface area (Å²) < 4.78 is 18.7. The number of nitrogens with one attached hydrogen (secondary N) is 1. The van der Waals surface area contributed by atoms with E-state index in [1.165, 1.54) is 19.2 Å². The van der Waals surface area contributed by atoms with E-state index < -0.39 is 5.82 Å². The predicted molar refractivity (Wildman–Crippen MR) is 67.2 cm³/mol. The summed E-state index contributed by atoms with van der Waals surface area (Å²) in [5.74, 6) is -0.0293. The largest absolute Gasteiger partial charge is 0.496 e. The summed E-state index contributed by atoms with van der Waals surface area (Å²) in [6, 6.07) is 4.55. The predicted octanol–water partition coefficient (Wildman–Crippen LogP) is 2.75. The van der Waals surface area contributed by atoms with Crippen molar-refractivity contribution >= 4 is 5.91 Å². The minimum absolute atomic E-state index is 0.000414. The molecular weight excluding hydrogens is 233 g/mol. The number of carbonyl (C=O) groups is 1. The third kappa shape index (κ3) is 2.63. The zero-order chi connectivity index (χ0) is 13.1. The highest BCUT2D eigenvalue weighted by Gasteiger charge is 2.25. The first-order valence-corrected chi connectivity index (χ1v) is 6.25. The zero-order valence-corrected chi connectivity index (χ0v) is 10.7. The first kappa shape index (κ1) is 12.9. The second-order valence-electron chi connectivity index (χ2n) is 4.91. The Bertz CT molecular complexity index is 447. The molecule has 0 bridgehead atoms. The van der Waals surface area contributed by atoms with Crippen molar-refractivity contribution in [2.45, 2.75) is 32.2 Å². The fourth-order valence-corrected chi connectivity index (χ4v) is 2.49. The van der Waals surface area contributed by atoms with E-state index >= 15 is 0 Å². The highest BCUT2D eigenvalue weighted by Crippen LogP contribution is 2.26. The summed E-state index contributed by atoms with van der Waals surface area (Å²) >= 11 is 0. The molecule has 0 saturated heterocycles. The van der Waals surface area contributed by atoms with Crippen LogP contribution < -0.4 is 10.1 Å². The molecule has 1 aliphatic carbocycles. The quantitative estimate of drug-likeness (QED) is 0.897. The number of methoxy groups -OCH3 is 1. The van der Waals surface area contributed by atoms with Crippen molar-refractivity contribution in [2.24, 2.45) is 5.92 Å². The van der Waals surface area contributed by atoms with Crippen LogP contribution in [0.5, 0.6) is 5.75 Å². The average molecular weight is 251 g/mol. The molecule has 2 unspecified atom stereocenters. The third-order valence-electron chi connectivity index (χ3n) is 3.45. The van der Waals surface area contributed by atoms with Gasteiger partial charge in [-0.05, 0) is 37.3 Å². The maximum atomic E-state index is 13.7. The molecule has 98 valence electrons. The summed E-state index contributed by atoms with van der Waals surface area (Å²) in [5, 5.41) is 2.88. The number of benzene rings is 1. The minimum atomic E-state index is -0.544. The molecule has 0 radical (unpaired) electrons. The van der Waals surface area contributed by atoms with Gasteiger partial charge in [-0.3, -0.25) is 4.79 Å².